The number of carboxylic acids is 1. The Morgan fingerprint density at radius 3 is 2.47 bits per heavy atom. The molecule has 1 aliphatic heterocycles. The molecule has 3 aromatic carbocycles. The molecule has 2 N–H and O–H groups in total. The Hall–Kier alpha value is -4.14. The van der Waals surface area contributed by atoms with Gasteiger partial charge in [-0.2, -0.15) is 0 Å². The number of carboxylic acid groups (broad SMARTS) is 1. The number of ether oxygens (including phenoxy) is 3. The van der Waals surface area contributed by atoms with E-state index in [0.717, 1.165) is 56.1 Å². The summed E-state index contributed by atoms with van der Waals surface area (Å²) in [5, 5.41) is 9.74. The largest absolute Gasteiger partial charge is 0.494 e. The zero-order chi connectivity index (χ0) is 26.3. The fourth-order valence-corrected chi connectivity index (χ4v) is 4.43. The van der Waals surface area contributed by atoms with Gasteiger partial charge in [0.2, 0.25) is 0 Å². The van der Waals surface area contributed by atoms with Crippen molar-refractivity contribution in [3.05, 3.63) is 90.5 Å². The van der Waals surface area contributed by atoms with Crippen LogP contribution < -0.4 is 9.47 Å². The minimum Gasteiger partial charge on any atom is -0.494 e. The summed E-state index contributed by atoms with van der Waals surface area (Å²) < 4.78 is 31.2. The van der Waals surface area contributed by atoms with E-state index in [2.05, 4.69) is 9.88 Å². The molecule has 38 heavy (non-hydrogen) atoms. The molecule has 0 atom stereocenters. The second-order valence-electron chi connectivity index (χ2n) is 9.04. The van der Waals surface area contributed by atoms with Gasteiger partial charge in [-0.3, -0.25) is 4.90 Å². The topological polar surface area (TPSA) is 84.0 Å². The molecular formula is C30H29FN2O5. The highest BCUT2D eigenvalue weighted by atomic mass is 19.1. The van der Waals surface area contributed by atoms with E-state index in [1.807, 2.05) is 42.5 Å². The number of halogens is 1. The number of morpholine rings is 1. The summed E-state index contributed by atoms with van der Waals surface area (Å²) in [6.45, 7) is 5.22. The fourth-order valence-electron chi connectivity index (χ4n) is 4.43. The van der Waals surface area contributed by atoms with Gasteiger partial charge in [0, 0.05) is 37.6 Å². The molecule has 0 saturated carbocycles. The maximum Gasteiger partial charge on any atom is 0.339 e. The van der Waals surface area contributed by atoms with Crippen molar-refractivity contribution in [1.29, 1.82) is 0 Å². The van der Waals surface area contributed by atoms with Crippen molar-refractivity contribution in [3.63, 3.8) is 0 Å². The van der Waals surface area contributed by atoms with Crippen molar-refractivity contribution in [2.24, 2.45) is 0 Å². The highest BCUT2D eigenvalue weighted by Crippen LogP contribution is 2.33. The van der Waals surface area contributed by atoms with Crippen molar-refractivity contribution in [2.45, 2.75) is 6.42 Å². The van der Waals surface area contributed by atoms with E-state index in [9.17, 15) is 14.3 Å². The first-order valence-corrected chi connectivity index (χ1v) is 12.6. The first kappa shape index (κ1) is 25.5. The number of aromatic amines is 1. The second kappa shape index (κ2) is 11.9. The van der Waals surface area contributed by atoms with E-state index in [0.29, 0.717) is 23.5 Å². The Bertz CT molecular complexity index is 1380. The number of carbonyl (C=O) groups is 1. The molecule has 2 heterocycles. The van der Waals surface area contributed by atoms with Gasteiger partial charge in [0.25, 0.3) is 0 Å². The monoisotopic (exact) mass is 516 g/mol. The van der Waals surface area contributed by atoms with Gasteiger partial charge in [0.1, 0.15) is 28.6 Å². The van der Waals surface area contributed by atoms with Crippen LogP contribution >= 0.6 is 0 Å². The molecule has 0 bridgehead atoms. The summed E-state index contributed by atoms with van der Waals surface area (Å²) in [4.78, 5) is 17.0. The Balaban J connectivity index is 1.23. The maximum atomic E-state index is 14.0. The van der Waals surface area contributed by atoms with E-state index in [1.54, 1.807) is 18.2 Å². The van der Waals surface area contributed by atoms with Gasteiger partial charge in [-0.05, 0) is 59.5 Å². The quantitative estimate of drug-likeness (QED) is 0.249. The number of nitrogens with one attached hydrogen (secondary N) is 1. The molecule has 1 aromatic heterocycles. The Kier molecular flexibility index (Phi) is 8.01. The molecule has 0 aliphatic carbocycles. The predicted octanol–water partition coefficient (Wildman–Crippen LogP) is 6.08. The van der Waals surface area contributed by atoms with Crippen LogP contribution in [0.3, 0.4) is 0 Å². The van der Waals surface area contributed by atoms with Gasteiger partial charge >= 0.3 is 5.97 Å². The minimum absolute atomic E-state index is 0.0522. The second-order valence-corrected chi connectivity index (χ2v) is 9.04. The summed E-state index contributed by atoms with van der Waals surface area (Å²) in [7, 11) is 0. The number of hydrogen-bond acceptors (Lipinski definition) is 5. The number of rotatable bonds is 10. The van der Waals surface area contributed by atoms with E-state index < -0.39 is 11.8 Å². The molecule has 4 aromatic rings. The SMILES string of the molecule is O=C(O)c1cc(-c2c[nH]cc2F)ccc1Oc1cccc(-c2ccc(OCCCN3CCOCC3)cc2)c1. The molecular weight excluding hydrogens is 487 g/mol. The predicted molar refractivity (Wildman–Crippen MR) is 142 cm³/mol. The lowest BCUT2D eigenvalue weighted by Gasteiger charge is -2.26. The molecule has 0 unspecified atom stereocenters. The first-order valence-electron chi connectivity index (χ1n) is 12.6. The smallest absolute Gasteiger partial charge is 0.339 e. The first-order chi connectivity index (χ1) is 18.6. The maximum absolute atomic E-state index is 14.0. The van der Waals surface area contributed by atoms with Crippen LogP contribution in [-0.2, 0) is 4.74 Å². The number of nitrogens with zero attached hydrogens (tertiary/aromatic N) is 1. The molecule has 196 valence electrons. The lowest BCUT2D eigenvalue weighted by molar-refractivity contribution is 0.0358. The summed E-state index contributed by atoms with van der Waals surface area (Å²) >= 11 is 0. The van der Waals surface area contributed by atoms with Crippen molar-refractivity contribution in [2.75, 3.05) is 39.5 Å². The number of H-pyrrole nitrogens is 1. The number of aromatic nitrogens is 1. The Morgan fingerprint density at radius 1 is 0.947 bits per heavy atom. The number of hydrogen-bond donors (Lipinski definition) is 2. The van der Waals surface area contributed by atoms with E-state index >= 15 is 0 Å². The summed E-state index contributed by atoms with van der Waals surface area (Å²) in [5.74, 6) is -0.126. The van der Waals surface area contributed by atoms with Crippen LogP contribution in [0.4, 0.5) is 4.39 Å². The van der Waals surface area contributed by atoms with Gasteiger partial charge in [-0.25, -0.2) is 9.18 Å². The van der Waals surface area contributed by atoms with Crippen molar-refractivity contribution in [3.8, 4) is 39.5 Å². The third kappa shape index (κ3) is 6.22. The van der Waals surface area contributed by atoms with Crippen LogP contribution in [0.1, 0.15) is 16.8 Å². The highest BCUT2D eigenvalue weighted by molar-refractivity contribution is 5.93. The lowest BCUT2D eigenvalue weighted by atomic mass is 10.0. The van der Waals surface area contributed by atoms with Crippen LogP contribution in [0.2, 0.25) is 0 Å². The third-order valence-electron chi connectivity index (χ3n) is 6.46. The molecule has 5 rings (SSSR count). The molecule has 8 heteroatoms. The Morgan fingerprint density at radius 2 is 1.74 bits per heavy atom. The average molecular weight is 517 g/mol. The molecule has 0 spiro atoms. The lowest BCUT2D eigenvalue weighted by Crippen LogP contribution is -2.37. The highest BCUT2D eigenvalue weighted by Gasteiger charge is 2.16. The van der Waals surface area contributed by atoms with Gasteiger partial charge < -0.3 is 24.3 Å². The van der Waals surface area contributed by atoms with Crippen molar-refractivity contribution < 1.29 is 28.5 Å². The zero-order valence-corrected chi connectivity index (χ0v) is 20.9. The molecule has 0 amide bonds. The molecule has 7 nitrogen and oxygen atoms in total. The van der Waals surface area contributed by atoms with E-state index in [-0.39, 0.29) is 11.3 Å². The number of benzene rings is 3. The van der Waals surface area contributed by atoms with Gasteiger partial charge in [-0.15, -0.1) is 0 Å². The minimum atomic E-state index is -1.16. The summed E-state index contributed by atoms with van der Waals surface area (Å²) in [5.41, 5.74) is 2.59. The van der Waals surface area contributed by atoms with Gasteiger partial charge in [0.15, 0.2) is 0 Å². The normalized spacial score (nSPS) is 13.8. The zero-order valence-electron chi connectivity index (χ0n) is 20.9. The van der Waals surface area contributed by atoms with Crippen LogP contribution in [-0.4, -0.2) is 60.4 Å². The van der Waals surface area contributed by atoms with E-state index in [1.165, 1.54) is 18.5 Å². The molecule has 0 radical (unpaired) electrons. The van der Waals surface area contributed by atoms with Crippen LogP contribution in [0, 0.1) is 5.82 Å². The van der Waals surface area contributed by atoms with Crippen LogP contribution in [0.5, 0.6) is 17.2 Å². The summed E-state index contributed by atoms with van der Waals surface area (Å²) in [6, 6.07) is 19.9. The van der Waals surface area contributed by atoms with Gasteiger partial charge in [-0.1, -0.05) is 30.3 Å². The third-order valence-corrected chi connectivity index (χ3v) is 6.46. The number of aromatic carboxylic acids is 1. The van der Waals surface area contributed by atoms with Crippen molar-refractivity contribution in [1.82, 2.24) is 9.88 Å². The van der Waals surface area contributed by atoms with Crippen LogP contribution in [0.15, 0.2) is 79.1 Å². The molecule has 1 fully saturated rings. The molecule has 1 aliphatic rings. The van der Waals surface area contributed by atoms with Crippen LogP contribution in [0.25, 0.3) is 22.3 Å². The average Bonchev–Trinajstić information content (AvgIpc) is 3.38. The van der Waals surface area contributed by atoms with Crippen molar-refractivity contribution >= 4 is 5.97 Å². The standard InChI is InChI=1S/C30H29FN2O5/c31-28-20-32-19-27(28)23-7-10-29(26(18-23)30(34)35)38-25-4-1-3-22(17-25)21-5-8-24(9-6-21)37-14-2-11-33-12-15-36-16-13-33/h1,3-10,17-20,32H,2,11-16H2,(H,34,35). The molecule has 1 saturated heterocycles. The van der Waals surface area contributed by atoms with E-state index in [4.69, 9.17) is 14.2 Å². The Labute approximate surface area is 220 Å². The summed E-state index contributed by atoms with van der Waals surface area (Å²) in [6.07, 6.45) is 3.67. The fraction of sp³-hybridized carbons (Fsp3) is 0.233. The van der Waals surface area contributed by atoms with Gasteiger partial charge in [0.05, 0.1) is 19.8 Å².